The van der Waals surface area contributed by atoms with Crippen LogP contribution in [0.15, 0.2) is 24.3 Å². The number of hydrogen-bond donors (Lipinski definition) is 2. The topological polar surface area (TPSA) is 50.7 Å². The van der Waals surface area contributed by atoms with Gasteiger partial charge >= 0.3 is 6.36 Å². The molecule has 0 saturated carbocycles. The van der Waals surface area contributed by atoms with Crippen LogP contribution in [-0.2, 0) is 4.74 Å². The zero-order valence-corrected chi connectivity index (χ0v) is 11.1. The largest absolute Gasteiger partial charge is 0.573 e. The first-order valence-corrected chi connectivity index (χ1v) is 6.20. The minimum absolute atomic E-state index is 0.0176. The summed E-state index contributed by atoms with van der Waals surface area (Å²) in [4.78, 5) is 0. The van der Waals surface area contributed by atoms with Crippen LogP contribution < -0.4 is 10.1 Å². The molecule has 1 unspecified atom stereocenters. The zero-order valence-electron chi connectivity index (χ0n) is 11.1. The van der Waals surface area contributed by atoms with Crippen molar-refractivity contribution in [3.8, 4) is 5.75 Å². The number of aliphatic hydroxyl groups is 1. The first kappa shape index (κ1) is 16.7. The Balaban J connectivity index is 2.39. The number of alkyl halides is 3. The molecule has 2 N–H and O–H groups in total. The molecular formula is C13H18F3NO3. The molecule has 1 aromatic rings. The van der Waals surface area contributed by atoms with E-state index in [1.165, 1.54) is 12.1 Å². The summed E-state index contributed by atoms with van der Waals surface area (Å²) < 4.78 is 44.9. The van der Waals surface area contributed by atoms with Crippen LogP contribution in [0.1, 0.15) is 18.5 Å². The van der Waals surface area contributed by atoms with Crippen LogP contribution >= 0.6 is 0 Å². The van der Waals surface area contributed by atoms with Crippen molar-refractivity contribution < 1.29 is 27.8 Å². The lowest BCUT2D eigenvalue weighted by molar-refractivity contribution is -0.274. The average Bonchev–Trinajstić information content (AvgIpc) is 2.37. The van der Waals surface area contributed by atoms with Gasteiger partial charge in [0.25, 0.3) is 0 Å². The van der Waals surface area contributed by atoms with Crippen molar-refractivity contribution in [2.24, 2.45) is 0 Å². The monoisotopic (exact) mass is 293 g/mol. The first-order valence-electron chi connectivity index (χ1n) is 6.20. The summed E-state index contributed by atoms with van der Waals surface area (Å²) in [5.41, 5.74) is 0.849. The molecule has 0 aliphatic rings. The summed E-state index contributed by atoms with van der Waals surface area (Å²) >= 11 is 0. The molecule has 114 valence electrons. The molecule has 1 atom stereocenters. The van der Waals surface area contributed by atoms with Crippen molar-refractivity contribution in [3.63, 3.8) is 0 Å². The van der Waals surface area contributed by atoms with Crippen LogP contribution in [0.2, 0.25) is 0 Å². The van der Waals surface area contributed by atoms with E-state index in [0.717, 1.165) is 5.56 Å². The van der Waals surface area contributed by atoms with E-state index in [-0.39, 0.29) is 18.4 Å². The molecule has 0 heterocycles. The van der Waals surface area contributed by atoms with Crippen LogP contribution in [0.5, 0.6) is 5.75 Å². The molecule has 20 heavy (non-hydrogen) atoms. The van der Waals surface area contributed by atoms with Gasteiger partial charge in [-0.15, -0.1) is 13.2 Å². The summed E-state index contributed by atoms with van der Waals surface area (Å²) in [5, 5.41) is 11.7. The molecule has 0 aromatic heterocycles. The second-order valence-corrected chi connectivity index (χ2v) is 4.13. The third-order valence-corrected chi connectivity index (χ3v) is 2.55. The molecular weight excluding hydrogens is 275 g/mol. The SMILES string of the molecule is CC(NCCOCCO)c1ccc(OC(F)(F)F)cc1. The van der Waals surface area contributed by atoms with Crippen molar-refractivity contribution in [3.05, 3.63) is 29.8 Å². The second kappa shape index (κ2) is 8.08. The normalized spacial score (nSPS) is 13.2. The zero-order chi connectivity index (χ0) is 15.0. The quantitative estimate of drug-likeness (QED) is 0.722. The summed E-state index contributed by atoms with van der Waals surface area (Å²) in [6.45, 7) is 3.21. The smallest absolute Gasteiger partial charge is 0.406 e. The Labute approximate surface area is 115 Å². The molecule has 0 bridgehead atoms. The second-order valence-electron chi connectivity index (χ2n) is 4.13. The van der Waals surface area contributed by atoms with E-state index in [2.05, 4.69) is 10.1 Å². The Bertz CT molecular complexity index is 381. The highest BCUT2D eigenvalue weighted by molar-refractivity contribution is 5.29. The summed E-state index contributed by atoms with van der Waals surface area (Å²) in [6.07, 6.45) is -4.67. The fraction of sp³-hybridized carbons (Fsp3) is 0.538. The van der Waals surface area contributed by atoms with Crippen LogP contribution in [-0.4, -0.2) is 37.8 Å². The van der Waals surface area contributed by atoms with Gasteiger partial charge in [0.1, 0.15) is 5.75 Å². The highest BCUT2D eigenvalue weighted by atomic mass is 19.4. The summed E-state index contributed by atoms with van der Waals surface area (Å²) in [5.74, 6) is -0.236. The number of benzene rings is 1. The molecule has 0 radical (unpaired) electrons. The predicted octanol–water partition coefficient (Wildman–Crippen LogP) is 2.24. The van der Waals surface area contributed by atoms with Crippen LogP contribution in [0.4, 0.5) is 13.2 Å². The maximum atomic E-state index is 12.0. The van der Waals surface area contributed by atoms with Crippen molar-refractivity contribution in [2.45, 2.75) is 19.3 Å². The minimum atomic E-state index is -4.67. The van der Waals surface area contributed by atoms with E-state index in [4.69, 9.17) is 9.84 Å². The van der Waals surface area contributed by atoms with Gasteiger partial charge in [-0.25, -0.2) is 0 Å². The van der Waals surface area contributed by atoms with Crippen LogP contribution in [0.3, 0.4) is 0 Å². The van der Waals surface area contributed by atoms with Gasteiger partial charge in [0.05, 0.1) is 19.8 Å². The molecule has 0 fully saturated rings. The molecule has 0 spiro atoms. The van der Waals surface area contributed by atoms with Crippen molar-refractivity contribution >= 4 is 0 Å². The van der Waals surface area contributed by atoms with Gasteiger partial charge in [-0.05, 0) is 24.6 Å². The maximum absolute atomic E-state index is 12.0. The van der Waals surface area contributed by atoms with E-state index >= 15 is 0 Å². The molecule has 0 aliphatic carbocycles. The fourth-order valence-corrected chi connectivity index (χ4v) is 1.59. The molecule has 0 saturated heterocycles. The number of aliphatic hydroxyl groups excluding tert-OH is 1. The number of hydrogen-bond acceptors (Lipinski definition) is 4. The third kappa shape index (κ3) is 6.74. The summed E-state index contributed by atoms with van der Waals surface area (Å²) in [6, 6.07) is 5.69. The van der Waals surface area contributed by atoms with Crippen LogP contribution in [0, 0.1) is 0 Å². The Morgan fingerprint density at radius 1 is 1.20 bits per heavy atom. The number of nitrogens with one attached hydrogen (secondary N) is 1. The van der Waals surface area contributed by atoms with Gasteiger partial charge in [0.2, 0.25) is 0 Å². The summed E-state index contributed by atoms with van der Waals surface area (Å²) in [7, 11) is 0. The lowest BCUT2D eigenvalue weighted by Gasteiger charge is -2.15. The van der Waals surface area contributed by atoms with Gasteiger partial charge in [0, 0.05) is 12.6 Å². The highest BCUT2D eigenvalue weighted by Crippen LogP contribution is 2.24. The molecule has 0 aliphatic heterocycles. The maximum Gasteiger partial charge on any atom is 0.573 e. The minimum Gasteiger partial charge on any atom is -0.406 e. The van der Waals surface area contributed by atoms with Gasteiger partial charge < -0.3 is 19.9 Å². The molecule has 7 heteroatoms. The highest BCUT2D eigenvalue weighted by Gasteiger charge is 2.30. The van der Waals surface area contributed by atoms with E-state index in [1.807, 2.05) is 6.92 Å². The van der Waals surface area contributed by atoms with E-state index < -0.39 is 6.36 Å². The predicted molar refractivity (Wildman–Crippen MR) is 67.4 cm³/mol. The Kier molecular flexibility index (Phi) is 6.77. The Morgan fingerprint density at radius 2 is 1.85 bits per heavy atom. The standard InChI is InChI=1S/C13H18F3NO3/c1-10(17-6-8-19-9-7-18)11-2-4-12(5-3-11)20-13(14,15)16/h2-5,10,17-18H,6-9H2,1H3. The van der Waals surface area contributed by atoms with Crippen LogP contribution in [0.25, 0.3) is 0 Å². The number of rotatable bonds is 8. The molecule has 0 amide bonds. The molecule has 4 nitrogen and oxygen atoms in total. The van der Waals surface area contributed by atoms with E-state index in [0.29, 0.717) is 19.8 Å². The van der Waals surface area contributed by atoms with E-state index in [9.17, 15) is 13.2 Å². The van der Waals surface area contributed by atoms with Crippen molar-refractivity contribution in [2.75, 3.05) is 26.4 Å². The third-order valence-electron chi connectivity index (χ3n) is 2.55. The average molecular weight is 293 g/mol. The van der Waals surface area contributed by atoms with Gasteiger partial charge in [-0.3, -0.25) is 0 Å². The fourth-order valence-electron chi connectivity index (χ4n) is 1.59. The number of ether oxygens (including phenoxy) is 2. The Morgan fingerprint density at radius 3 is 2.40 bits per heavy atom. The van der Waals surface area contributed by atoms with Gasteiger partial charge in [-0.1, -0.05) is 12.1 Å². The van der Waals surface area contributed by atoms with Gasteiger partial charge in [0.15, 0.2) is 0 Å². The number of halogens is 3. The molecule has 1 rings (SSSR count). The lowest BCUT2D eigenvalue weighted by atomic mass is 10.1. The first-order chi connectivity index (χ1) is 9.42. The Hall–Kier alpha value is -1.31. The molecule has 1 aromatic carbocycles. The van der Waals surface area contributed by atoms with E-state index in [1.54, 1.807) is 12.1 Å². The van der Waals surface area contributed by atoms with Crippen molar-refractivity contribution in [1.82, 2.24) is 5.32 Å². The van der Waals surface area contributed by atoms with Crippen molar-refractivity contribution in [1.29, 1.82) is 0 Å². The van der Waals surface area contributed by atoms with Gasteiger partial charge in [-0.2, -0.15) is 0 Å². The lowest BCUT2D eigenvalue weighted by Crippen LogP contribution is -2.23.